The highest BCUT2D eigenvalue weighted by Crippen LogP contribution is 2.40. The van der Waals surface area contributed by atoms with E-state index < -0.39 is 0 Å². The number of ether oxygens (including phenoxy) is 1. The molecule has 3 aliphatic heterocycles. The number of hydrogen-bond donors (Lipinski definition) is 0. The van der Waals surface area contributed by atoms with Crippen LogP contribution in [0.5, 0.6) is 0 Å². The summed E-state index contributed by atoms with van der Waals surface area (Å²) in [6.07, 6.45) is 3.36. The van der Waals surface area contributed by atoms with Crippen LogP contribution < -0.4 is 9.80 Å². The lowest BCUT2D eigenvalue weighted by Crippen LogP contribution is -2.43. The van der Waals surface area contributed by atoms with Crippen molar-refractivity contribution in [3.8, 4) is 6.07 Å². The van der Waals surface area contributed by atoms with E-state index in [9.17, 15) is 5.26 Å². The van der Waals surface area contributed by atoms with Crippen molar-refractivity contribution in [3.63, 3.8) is 0 Å². The third-order valence-electron chi connectivity index (χ3n) is 7.30. The van der Waals surface area contributed by atoms with E-state index in [1.807, 2.05) is 0 Å². The van der Waals surface area contributed by atoms with Crippen LogP contribution in [-0.4, -0.2) is 55.8 Å². The molecular weight excluding hydrogens is 410 g/mol. The molecule has 2 fully saturated rings. The Morgan fingerprint density at radius 3 is 2.55 bits per heavy atom. The summed E-state index contributed by atoms with van der Waals surface area (Å²) in [6.45, 7) is 12.6. The number of fused-ring (bicyclic) bond motifs is 1. The van der Waals surface area contributed by atoms with E-state index in [0.717, 1.165) is 63.7 Å². The van der Waals surface area contributed by atoms with E-state index in [-0.39, 0.29) is 5.41 Å². The molecule has 5 rings (SSSR count). The zero-order valence-corrected chi connectivity index (χ0v) is 20.0. The molecule has 0 saturated carbocycles. The van der Waals surface area contributed by atoms with Gasteiger partial charge in [-0.15, -0.1) is 0 Å². The summed E-state index contributed by atoms with van der Waals surface area (Å²) in [7, 11) is 0. The lowest BCUT2D eigenvalue weighted by molar-refractivity contribution is 0.122. The number of rotatable bonds is 4. The molecule has 0 N–H and O–H groups in total. The van der Waals surface area contributed by atoms with Gasteiger partial charge in [-0.1, -0.05) is 44.2 Å². The summed E-state index contributed by atoms with van der Waals surface area (Å²) in [4.78, 5) is 12.4. The van der Waals surface area contributed by atoms with Crippen LogP contribution in [0.4, 0.5) is 11.5 Å². The van der Waals surface area contributed by atoms with Crippen LogP contribution in [0.3, 0.4) is 0 Å². The van der Waals surface area contributed by atoms with E-state index in [4.69, 9.17) is 9.72 Å². The summed E-state index contributed by atoms with van der Waals surface area (Å²) in [6, 6.07) is 13.2. The molecule has 4 heterocycles. The molecule has 0 unspecified atom stereocenters. The quantitative estimate of drug-likeness (QED) is 0.710. The number of aromatic nitrogens is 1. The molecular formula is C27H35N5O. The number of nitriles is 1. The molecule has 6 nitrogen and oxygen atoms in total. The Hall–Kier alpha value is -2.62. The Morgan fingerprint density at radius 1 is 1.03 bits per heavy atom. The van der Waals surface area contributed by atoms with Crippen molar-refractivity contribution in [3.05, 3.63) is 52.7 Å². The van der Waals surface area contributed by atoms with Crippen molar-refractivity contribution < 1.29 is 4.74 Å². The molecule has 1 aromatic heterocycles. The van der Waals surface area contributed by atoms with Crippen LogP contribution in [-0.2, 0) is 24.2 Å². The largest absolute Gasteiger partial charge is 0.378 e. The summed E-state index contributed by atoms with van der Waals surface area (Å²) < 4.78 is 5.60. The Bertz CT molecular complexity index is 1020. The first-order valence-electron chi connectivity index (χ1n) is 12.3. The van der Waals surface area contributed by atoms with E-state index in [1.165, 1.54) is 29.5 Å². The predicted octanol–water partition coefficient (Wildman–Crippen LogP) is 3.97. The highest BCUT2D eigenvalue weighted by molar-refractivity contribution is 5.70. The van der Waals surface area contributed by atoms with Gasteiger partial charge in [-0.05, 0) is 35.8 Å². The lowest BCUT2D eigenvalue weighted by Gasteiger charge is -2.42. The molecule has 0 bridgehead atoms. The summed E-state index contributed by atoms with van der Waals surface area (Å²) in [5.74, 6) is 1.05. The molecule has 0 amide bonds. The second-order valence-electron chi connectivity index (χ2n) is 10.4. The van der Waals surface area contributed by atoms with Gasteiger partial charge in [0, 0.05) is 51.4 Å². The van der Waals surface area contributed by atoms with Crippen LogP contribution in [0, 0.1) is 16.7 Å². The minimum Gasteiger partial charge on any atom is -0.378 e. The fourth-order valence-electron chi connectivity index (χ4n) is 5.70. The van der Waals surface area contributed by atoms with Gasteiger partial charge in [0.2, 0.25) is 0 Å². The molecule has 0 spiro atoms. The molecule has 2 saturated heterocycles. The smallest absolute Gasteiger partial charge is 0.166 e. The third-order valence-corrected chi connectivity index (χ3v) is 7.30. The van der Waals surface area contributed by atoms with E-state index in [2.05, 4.69) is 64.9 Å². The number of hydrogen-bond acceptors (Lipinski definition) is 6. The van der Waals surface area contributed by atoms with Crippen LogP contribution in [0.15, 0.2) is 30.3 Å². The van der Waals surface area contributed by atoms with Gasteiger partial charge in [0.15, 0.2) is 5.69 Å². The van der Waals surface area contributed by atoms with Gasteiger partial charge in [-0.25, -0.2) is 4.98 Å². The van der Waals surface area contributed by atoms with Crippen molar-refractivity contribution in [2.45, 2.75) is 46.2 Å². The number of nitrogens with zero attached hydrogens (tertiary/aromatic N) is 5. The zero-order valence-electron chi connectivity index (χ0n) is 20.0. The first-order chi connectivity index (χ1) is 16.0. The Labute approximate surface area is 197 Å². The highest BCUT2D eigenvalue weighted by atomic mass is 16.5. The number of pyridine rings is 1. The van der Waals surface area contributed by atoms with Gasteiger partial charge in [0.05, 0.1) is 18.9 Å². The average molecular weight is 446 g/mol. The predicted molar refractivity (Wildman–Crippen MR) is 131 cm³/mol. The summed E-state index contributed by atoms with van der Waals surface area (Å²) in [5.41, 5.74) is 5.93. The van der Waals surface area contributed by atoms with Crippen molar-refractivity contribution in [2.75, 3.05) is 55.7 Å². The topological polar surface area (TPSA) is 55.6 Å². The van der Waals surface area contributed by atoms with E-state index >= 15 is 0 Å². The first-order valence-corrected chi connectivity index (χ1v) is 12.3. The van der Waals surface area contributed by atoms with Gasteiger partial charge in [-0.2, -0.15) is 5.26 Å². The number of piperidine rings is 1. The maximum absolute atomic E-state index is 10.1. The maximum Gasteiger partial charge on any atom is 0.166 e. The second-order valence-corrected chi connectivity index (χ2v) is 10.4. The summed E-state index contributed by atoms with van der Waals surface area (Å²) >= 11 is 0. The van der Waals surface area contributed by atoms with Gasteiger partial charge < -0.3 is 14.5 Å². The monoisotopic (exact) mass is 445 g/mol. The minimum absolute atomic E-state index is 0.265. The molecule has 2 aromatic rings. The second kappa shape index (κ2) is 9.32. The highest BCUT2D eigenvalue weighted by Gasteiger charge is 2.34. The van der Waals surface area contributed by atoms with Crippen LogP contribution in [0.1, 0.15) is 49.1 Å². The molecule has 0 atom stereocenters. The van der Waals surface area contributed by atoms with E-state index in [0.29, 0.717) is 18.9 Å². The standard InChI is InChI=1S/C27H35N5O/c1-27(2)10-6-11-32(20-27)26-23-19-30(18-21-7-4-3-5-8-21)12-9-22(23)25(24(17-28)29-26)31-13-15-33-16-14-31/h3-5,7-8H,6,9-16,18-20H2,1-2H3. The molecule has 0 aliphatic carbocycles. The van der Waals surface area contributed by atoms with Crippen molar-refractivity contribution in [1.29, 1.82) is 5.26 Å². The number of anilines is 2. The molecule has 3 aliphatic rings. The normalized spacial score (nSPS) is 20.9. The Balaban J connectivity index is 1.55. The first kappa shape index (κ1) is 22.2. The Kier molecular flexibility index (Phi) is 6.27. The molecule has 6 heteroatoms. The average Bonchev–Trinajstić information content (AvgIpc) is 2.83. The van der Waals surface area contributed by atoms with Crippen molar-refractivity contribution in [1.82, 2.24) is 9.88 Å². The molecule has 1 aromatic carbocycles. The maximum atomic E-state index is 10.1. The van der Waals surface area contributed by atoms with Gasteiger partial charge >= 0.3 is 0 Å². The van der Waals surface area contributed by atoms with Crippen molar-refractivity contribution in [2.24, 2.45) is 5.41 Å². The van der Waals surface area contributed by atoms with Gasteiger partial charge in [0.25, 0.3) is 0 Å². The summed E-state index contributed by atoms with van der Waals surface area (Å²) in [5, 5.41) is 10.1. The van der Waals surface area contributed by atoms with E-state index in [1.54, 1.807) is 0 Å². The van der Waals surface area contributed by atoms with Crippen molar-refractivity contribution >= 4 is 11.5 Å². The molecule has 33 heavy (non-hydrogen) atoms. The minimum atomic E-state index is 0.265. The van der Waals surface area contributed by atoms with Crippen LogP contribution in [0.25, 0.3) is 0 Å². The lowest BCUT2D eigenvalue weighted by atomic mass is 9.83. The van der Waals surface area contributed by atoms with Crippen LogP contribution >= 0.6 is 0 Å². The third kappa shape index (κ3) is 4.71. The van der Waals surface area contributed by atoms with Gasteiger partial charge in [-0.3, -0.25) is 4.90 Å². The fraction of sp³-hybridized carbons (Fsp3) is 0.556. The molecule has 174 valence electrons. The van der Waals surface area contributed by atoms with Crippen LogP contribution in [0.2, 0.25) is 0 Å². The number of morpholine rings is 1. The number of benzene rings is 1. The Morgan fingerprint density at radius 2 is 1.82 bits per heavy atom. The zero-order chi connectivity index (χ0) is 22.8. The fourth-order valence-corrected chi connectivity index (χ4v) is 5.70. The van der Waals surface area contributed by atoms with Gasteiger partial charge in [0.1, 0.15) is 11.9 Å². The molecule has 0 radical (unpaired) electrons. The SMILES string of the molecule is CC1(C)CCCN(c2nc(C#N)c(N3CCOCC3)c3c2CN(Cc2ccccc2)CC3)C1.